The summed E-state index contributed by atoms with van der Waals surface area (Å²) in [5.41, 5.74) is 0.0873. The van der Waals surface area contributed by atoms with Crippen LogP contribution in [0.4, 0.5) is 13.2 Å². The van der Waals surface area contributed by atoms with Crippen LogP contribution in [0, 0.1) is 22.6 Å². The highest BCUT2D eigenvalue weighted by Crippen LogP contribution is 2.68. The minimum Gasteiger partial charge on any atom is -0.396 e. The van der Waals surface area contributed by atoms with Crippen molar-refractivity contribution in [3.8, 4) is 0 Å². The predicted molar refractivity (Wildman–Crippen MR) is 93.9 cm³/mol. The third-order valence-corrected chi connectivity index (χ3v) is 6.59. The van der Waals surface area contributed by atoms with Gasteiger partial charge in [-0.1, -0.05) is 12.1 Å². The molecule has 3 N–H and O–H groups in total. The first-order chi connectivity index (χ1) is 12.8. The van der Waals surface area contributed by atoms with Gasteiger partial charge < -0.3 is 15.7 Å². The number of hydrogen-bond acceptors (Lipinski definition) is 3. The molecule has 0 bridgehead atoms. The van der Waals surface area contributed by atoms with Gasteiger partial charge in [0.1, 0.15) is 5.82 Å². The highest BCUT2D eigenvalue weighted by molar-refractivity contribution is 5.80. The maximum Gasteiger partial charge on any atom is 0.249 e. The molecule has 1 spiro atoms. The Kier molecular flexibility index (Phi) is 4.50. The van der Waals surface area contributed by atoms with E-state index in [1.807, 2.05) is 0 Å². The molecule has 1 aliphatic heterocycles. The van der Waals surface area contributed by atoms with Crippen LogP contribution in [0.2, 0.25) is 0 Å². The second-order valence-corrected chi connectivity index (χ2v) is 8.86. The van der Waals surface area contributed by atoms with Gasteiger partial charge in [-0.15, -0.1) is 0 Å². The van der Waals surface area contributed by atoms with Crippen LogP contribution in [-0.4, -0.2) is 43.2 Å². The Morgan fingerprint density at radius 1 is 1.15 bits per heavy atom. The monoisotopic (exact) mass is 382 g/mol. The van der Waals surface area contributed by atoms with Gasteiger partial charge in [0.15, 0.2) is 0 Å². The number of halogens is 3. The van der Waals surface area contributed by atoms with Crippen LogP contribution in [0.1, 0.15) is 37.2 Å². The highest BCUT2D eigenvalue weighted by atomic mass is 19.3. The highest BCUT2D eigenvalue weighted by Gasteiger charge is 2.66. The van der Waals surface area contributed by atoms with Gasteiger partial charge in [0.05, 0.1) is 12.5 Å². The van der Waals surface area contributed by atoms with Gasteiger partial charge in [0.25, 0.3) is 0 Å². The third kappa shape index (κ3) is 3.47. The first-order valence-electron chi connectivity index (χ1n) is 9.48. The van der Waals surface area contributed by atoms with E-state index in [4.69, 9.17) is 0 Å². The van der Waals surface area contributed by atoms with Gasteiger partial charge in [-0.05, 0) is 36.0 Å². The molecule has 148 valence electrons. The maximum absolute atomic E-state index is 13.2. The second kappa shape index (κ2) is 6.48. The molecule has 27 heavy (non-hydrogen) atoms. The molecule has 4 rings (SSSR count). The lowest BCUT2D eigenvalue weighted by Gasteiger charge is -2.62. The Morgan fingerprint density at radius 2 is 1.81 bits per heavy atom. The van der Waals surface area contributed by atoms with Crippen molar-refractivity contribution in [1.82, 2.24) is 10.6 Å². The average molecular weight is 382 g/mol. The lowest BCUT2D eigenvalue weighted by Crippen LogP contribution is -2.62. The predicted octanol–water partition coefficient (Wildman–Crippen LogP) is 2.43. The van der Waals surface area contributed by atoms with Gasteiger partial charge in [-0.3, -0.25) is 4.79 Å². The smallest absolute Gasteiger partial charge is 0.249 e. The molecular weight excluding hydrogens is 357 g/mol. The summed E-state index contributed by atoms with van der Waals surface area (Å²) in [6, 6.07) is 6.20. The molecule has 0 unspecified atom stereocenters. The Bertz CT molecular complexity index is 706. The first kappa shape index (κ1) is 18.7. The van der Waals surface area contributed by atoms with E-state index in [1.165, 1.54) is 12.1 Å². The Morgan fingerprint density at radius 3 is 2.41 bits per heavy atom. The average Bonchev–Trinajstić information content (AvgIpc) is 3.06. The van der Waals surface area contributed by atoms with Crippen LogP contribution in [0.15, 0.2) is 24.3 Å². The SMILES string of the molecule is O=C(NCC1(CO)CC2(CC(F)(F)C2)C1)[C@@H]1CNC[C@H]1c1ccc(F)cc1. The fourth-order valence-corrected chi connectivity index (χ4v) is 5.55. The largest absolute Gasteiger partial charge is 0.396 e. The number of rotatable bonds is 5. The van der Waals surface area contributed by atoms with Crippen LogP contribution >= 0.6 is 0 Å². The lowest BCUT2D eigenvalue weighted by atomic mass is 9.44. The molecule has 1 aromatic rings. The zero-order valence-electron chi connectivity index (χ0n) is 15.1. The van der Waals surface area contributed by atoms with E-state index in [9.17, 15) is 23.1 Å². The molecule has 7 heteroatoms. The van der Waals surface area contributed by atoms with Gasteiger partial charge in [-0.25, -0.2) is 13.2 Å². The van der Waals surface area contributed by atoms with Gasteiger partial charge >= 0.3 is 0 Å². The van der Waals surface area contributed by atoms with Gasteiger partial charge in [0, 0.05) is 43.8 Å². The normalized spacial score (nSPS) is 29.8. The number of aliphatic hydroxyl groups excluding tert-OH is 1. The summed E-state index contributed by atoms with van der Waals surface area (Å²) in [6.45, 7) is 1.39. The van der Waals surface area contributed by atoms with Crippen molar-refractivity contribution in [2.24, 2.45) is 16.7 Å². The van der Waals surface area contributed by atoms with E-state index >= 15 is 0 Å². The fourth-order valence-electron chi connectivity index (χ4n) is 5.55. The minimum absolute atomic E-state index is 0.0336. The van der Waals surface area contributed by atoms with E-state index in [1.54, 1.807) is 12.1 Å². The van der Waals surface area contributed by atoms with Crippen molar-refractivity contribution in [2.45, 2.75) is 37.5 Å². The van der Waals surface area contributed by atoms with Crippen molar-refractivity contribution in [3.63, 3.8) is 0 Å². The molecule has 3 aliphatic rings. The minimum atomic E-state index is -2.57. The topological polar surface area (TPSA) is 61.4 Å². The summed E-state index contributed by atoms with van der Waals surface area (Å²) in [5.74, 6) is -3.29. The van der Waals surface area contributed by atoms with Crippen LogP contribution in [-0.2, 0) is 4.79 Å². The van der Waals surface area contributed by atoms with Crippen LogP contribution in [0.3, 0.4) is 0 Å². The van der Waals surface area contributed by atoms with Crippen molar-refractivity contribution >= 4 is 5.91 Å². The number of amides is 1. The second-order valence-electron chi connectivity index (χ2n) is 8.86. The number of hydrogen-bond donors (Lipinski definition) is 3. The number of alkyl halides is 2. The standard InChI is InChI=1S/C20H25F3N2O2/c21-14-3-1-13(2-4-14)15-5-24-6-16(15)17(27)25-11-19(12-26)7-18(8-19)9-20(22,23)10-18/h1-4,15-16,24,26H,5-12H2,(H,25,27)/t15-,16+/m0/s1. The number of aliphatic hydroxyl groups is 1. The Balaban J connectivity index is 1.34. The maximum atomic E-state index is 13.2. The molecule has 1 heterocycles. The molecule has 0 aromatic heterocycles. The van der Waals surface area contributed by atoms with Gasteiger partial charge in [-0.2, -0.15) is 0 Å². The third-order valence-electron chi connectivity index (χ3n) is 6.59. The van der Waals surface area contributed by atoms with Crippen molar-refractivity contribution in [1.29, 1.82) is 0 Å². The molecule has 2 atom stereocenters. The summed E-state index contributed by atoms with van der Waals surface area (Å²) >= 11 is 0. The summed E-state index contributed by atoms with van der Waals surface area (Å²) in [7, 11) is 0. The lowest BCUT2D eigenvalue weighted by molar-refractivity contribution is -0.236. The number of carbonyl (C=O) groups is 1. The summed E-state index contributed by atoms with van der Waals surface area (Å²) < 4.78 is 39.5. The Hall–Kier alpha value is -1.60. The van der Waals surface area contributed by atoms with Crippen molar-refractivity contribution in [3.05, 3.63) is 35.6 Å². The number of nitrogens with one attached hydrogen (secondary N) is 2. The quantitative estimate of drug-likeness (QED) is 0.733. The summed E-state index contributed by atoms with van der Waals surface area (Å²) in [5, 5.41) is 15.9. The molecule has 2 aliphatic carbocycles. The van der Waals surface area contributed by atoms with Crippen LogP contribution in [0.25, 0.3) is 0 Å². The van der Waals surface area contributed by atoms with Crippen LogP contribution in [0.5, 0.6) is 0 Å². The van der Waals surface area contributed by atoms with E-state index in [0.29, 0.717) is 32.5 Å². The van der Waals surface area contributed by atoms with E-state index in [0.717, 1.165) is 5.56 Å². The van der Waals surface area contributed by atoms with E-state index in [-0.39, 0.29) is 48.4 Å². The molecule has 4 nitrogen and oxygen atoms in total. The zero-order chi connectivity index (χ0) is 19.3. The van der Waals surface area contributed by atoms with E-state index < -0.39 is 11.3 Å². The van der Waals surface area contributed by atoms with E-state index in [2.05, 4.69) is 10.6 Å². The zero-order valence-corrected chi connectivity index (χ0v) is 15.1. The van der Waals surface area contributed by atoms with Crippen LogP contribution < -0.4 is 10.6 Å². The number of carbonyl (C=O) groups excluding carboxylic acids is 1. The molecule has 1 aromatic carbocycles. The molecule has 3 fully saturated rings. The first-order valence-corrected chi connectivity index (χ1v) is 9.48. The number of benzene rings is 1. The summed E-state index contributed by atoms with van der Waals surface area (Å²) in [4.78, 5) is 12.7. The molecule has 0 radical (unpaired) electrons. The molecule has 2 saturated carbocycles. The van der Waals surface area contributed by atoms with Crippen molar-refractivity contribution < 1.29 is 23.1 Å². The fraction of sp³-hybridized carbons (Fsp3) is 0.650. The van der Waals surface area contributed by atoms with Gasteiger partial charge in [0.2, 0.25) is 11.8 Å². The summed E-state index contributed by atoms with van der Waals surface area (Å²) in [6.07, 6.45) is 0.872. The molecular formula is C20H25F3N2O2. The molecule has 1 amide bonds. The Labute approximate surface area is 156 Å². The molecule has 1 saturated heterocycles. The van der Waals surface area contributed by atoms with Crippen molar-refractivity contribution in [2.75, 3.05) is 26.2 Å².